The van der Waals surface area contributed by atoms with Crippen LogP contribution in [0.1, 0.15) is 48.4 Å². The van der Waals surface area contributed by atoms with E-state index < -0.39 is 18.1 Å². The largest absolute Gasteiger partial charge is 0.457 e. The van der Waals surface area contributed by atoms with Crippen LogP contribution < -0.4 is 20.7 Å². The van der Waals surface area contributed by atoms with Gasteiger partial charge in [-0.1, -0.05) is 18.2 Å². The Balaban J connectivity index is 1.30. The highest BCUT2D eigenvalue weighted by Crippen LogP contribution is 2.32. The van der Waals surface area contributed by atoms with Crippen molar-refractivity contribution in [3.63, 3.8) is 0 Å². The van der Waals surface area contributed by atoms with Crippen LogP contribution in [0, 0.1) is 11.3 Å². The first-order chi connectivity index (χ1) is 20.8. The predicted octanol–water partition coefficient (Wildman–Crippen LogP) is 4.65. The number of imidazole rings is 1. The molecule has 0 unspecified atom stereocenters. The number of hydrogen-bond acceptors (Lipinski definition) is 7. The summed E-state index contributed by atoms with van der Waals surface area (Å²) in [4.78, 5) is 46.8. The molecule has 1 aromatic heterocycles. The Hall–Kier alpha value is -5.21. The molecule has 43 heavy (non-hydrogen) atoms. The minimum atomic E-state index is -0.661. The fourth-order valence-electron chi connectivity index (χ4n) is 5.16. The number of para-hydroxylation sites is 1. The maximum absolute atomic E-state index is 13.5. The van der Waals surface area contributed by atoms with Crippen molar-refractivity contribution in [2.24, 2.45) is 12.8 Å². The number of benzene rings is 3. The van der Waals surface area contributed by atoms with Crippen LogP contribution >= 0.6 is 0 Å². The van der Waals surface area contributed by atoms with Crippen molar-refractivity contribution in [3.8, 4) is 17.6 Å². The molecule has 1 fully saturated rings. The van der Waals surface area contributed by atoms with Gasteiger partial charge in [-0.05, 0) is 87.3 Å². The summed E-state index contributed by atoms with van der Waals surface area (Å²) in [5.41, 5.74) is 7.77. The lowest BCUT2D eigenvalue weighted by Gasteiger charge is -2.23. The molecular formula is C32H33N7O4. The van der Waals surface area contributed by atoms with Gasteiger partial charge in [0.1, 0.15) is 29.9 Å². The van der Waals surface area contributed by atoms with Gasteiger partial charge in [-0.25, -0.2) is 9.78 Å². The van der Waals surface area contributed by atoms with Gasteiger partial charge in [-0.3, -0.25) is 19.4 Å². The van der Waals surface area contributed by atoms with E-state index in [2.05, 4.69) is 16.4 Å². The van der Waals surface area contributed by atoms with E-state index in [1.54, 1.807) is 61.0 Å². The Labute approximate surface area is 249 Å². The Kier molecular flexibility index (Phi) is 8.69. The lowest BCUT2D eigenvalue weighted by Crippen LogP contribution is -2.36. The van der Waals surface area contributed by atoms with E-state index in [0.29, 0.717) is 52.6 Å². The number of amides is 4. The lowest BCUT2D eigenvalue weighted by atomic mass is 10.1. The summed E-state index contributed by atoms with van der Waals surface area (Å²) in [5.74, 6) is 1.10. The highest BCUT2D eigenvalue weighted by atomic mass is 16.5. The molecule has 2 atom stereocenters. The molecule has 3 N–H and O–H groups in total. The van der Waals surface area contributed by atoms with Crippen molar-refractivity contribution in [1.82, 2.24) is 19.8 Å². The number of nitrogens with one attached hydrogen (secondary N) is 1. The van der Waals surface area contributed by atoms with Gasteiger partial charge in [0.25, 0.3) is 11.8 Å². The van der Waals surface area contributed by atoms with E-state index >= 15 is 0 Å². The van der Waals surface area contributed by atoms with Gasteiger partial charge in [0.2, 0.25) is 0 Å². The average Bonchev–Trinajstić information content (AvgIpc) is 3.51. The highest BCUT2D eigenvalue weighted by molar-refractivity contribution is 6.12. The van der Waals surface area contributed by atoms with E-state index in [-0.39, 0.29) is 18.4 Å². The average molecular weight is 580 g/mol. The smallest absolute Gasteiger partial charge is 0.332 e. The van der Waals surface area contributed by atoms with Crippen LogP contribution in [0.15, 0.2) is 72.8 Å². The molecule has 3 aromatic carbocycles. The van der Waals surface area contributed by atoms with E-state index in [9.17, 15) is 19.6 Å². The lowest BCUT2D eigenvalue weighted by molar-refractivity contribution is -0.126. The highest BCUT2D eigenvalue weighted by Gasteiger charge is 2.41. The monoisotopic (exact) mass is 579 g/mol. The molecule has 2 heterocycles. The number of aryl methyl sites for hydroxylation is 1. The maximum atomic E-state index is 13.5. The zero-order chi connectivity index (χ0) is 30.5. The molecule has 220 valence electrons. The number of fused-ring (bicyclic) bond motifs is 1. The number of hydrogen-bond donors (Lipinski definition) is 2. The number of imide groups is 1. The summed E-state index contributed by atoms with van der Waals surface area (Å²) < 4.78 is 7.61. The van der Waals surface area contributed by atoms with Gasteiger partial charge in [0.05, 0.1) is 23.1 Å². The van der Waals surface area contributed by atoms with Gasteiger partial charge < -0.3 is 20.4 Å². The summed E-state index contributed by atoms with van der Waals surface area (Å²) in [6.45, 7) is 2.19. The number of carbonyl (C=O) groups excluding carboxylic acids is 3. The van der Waals surface area contributed by atoms with Crippen LogP contribution in [0.3, 0.4) is 0 Å². The second-order valence-corrected chi connectivity index (χ2v) is 10.4. The summed E-state index contributed by atoms with van der Waals surface area (Å²) in [6.07, 6.45) is 2.05. The maximum Gasteiger partial charge on any atom is 0.332 e. The first-order valence-corrected chi connectivity index (χ1v) is 14.1. The van der Waals surface area contributed by atoms with E-state index in [0.717, 1.165) is 12.8 Å². The number of urea groups is 1. The number of unbranched alkanes of at least 4 members (excludes halogenated alkanes) is 1. The minimum absolute atomic E-state index is 0.0956. The van der Waals surface area contributed by atoms with Crippen LogP contribution in [-0.2, 0) is 11.8 Å². The molecule has 0 saturated carbocycles. The van der Waals surface area contributed by atoms with Crippen LogP contribution in [0.5, 0.6) is 11.5 Å². The van der Waals surface area contributed by atoms with E-state index in [1.807, 2.05) is 30.3 Å². The molecule has 1 aliphatic heterocycles. The standard InChI is InChI=1S/C32H33N7O4/c1-21(30-36-27-16-11-22(18-28(27)37(30)2)31(41)35-23(19-34)8-6-7-17-33)39-29(40)20-38(32(39)42)24-12-14-26(15-13-24)43-25-9-4-3-5-10-25/h3-5,9-16,18,21,23H,6-8,17,20,33H2,1-2H3,(H,35,41)/t21-,23+/m1/s1. The zero-order valence-electron chi connectivity index (χ0n) is 24.1. The van der Waals surface area contributed by atoms with Crippen molar-refractivity contribution >= 4 is 34.6 Å². The Morgan fingerprint density at radius 2 is 1.79 bits per heavy atom. The van der Waals surface area contributed by atoms with E-state index in [1.165, 1.54) is 9.80 Å². The molecule has 1 saturated heterocycles. The van der Waals surface area contributed by atoms with Crippen molar-refractivity contribution in [2.45, 2.75) is 38.3 Å². The van der Waals surface area contributed by atoms with Crippen molar-refractivity contribution in [1.29, 1.82) is 5.26 Å². The van der Waals surface area contributed by atoms with Crippen molar-refractivity contribution in [2.75, 3.05) is 18.0 Å². The van der Waals surface area contributed by atoms with Crippen molar-refractivity contribution < 1.29 is 19.1 Å². The summed E-state index contributed by atoms with van der Waals surface area (Å²) >= 11 is 0. The number of aromatic nitrogens is 2. The summed E-state index contributed by atoms with van der Waals surface area (Å²) in [7, 11) is 1.78. The Bertz CT molecular complexity index is 1680. The van der Waals surface area contributed by atoms with Gasteiger partial charge in [0, 0.05) is 18.3 Å². The fraction of sp³-hybridized carbons (Fsp3) is 0.281. The molecule has 0 radical (unpaired) electrons. The molecule has 0 spiro atoms. The number of nitrogens with zero attached hydrogens (tertiary/aromatic N) is 5. The van der Waals surface area contributed by atoms with Crippen LogP contribution in [0.4, 0.5) is 10.5 Å². The first-order valence-electron chi connectivity index (χ1n) is 14.1. The second-order valence-electron chi connectivity index (χ2n) is 10.4. The molecule has 5 rings (SSSR count). The third-order valence-electron chi connectivity index (χ3n) is 7.47. The number of nitriles is 1. The number of nitrogens with two attached hydrogens (primary N) is 1. The number of rotatable bonds is 11. The van der Waals surface area contributed by atoms with E-state index in [4.69, 9.17) is 10.5 Å². The summed E-state index contributed by atoms with van der Waals surface area (Å²) in [5, 5.41) is 12.2. The van der Waals surface area contributed by atoms with Crippen LogP contribution in [0.25, 0.3) is 11.0 Å². The normalized spacial score (nSPS) is 14.6. The molecule has 4 aromatic rings. The fourth-order valence-corrected chi connectivity index (χ4v) is 5.16. The van der Waals surface area contributed by atoms with Gasteiger partial charge in [-0.2, -0.15) is 5.26 Å². The number of ether oxygens (including phenoxy) is 1. The first kappa shape index (κ1) is 29.3. The van der Waals surface area contributed by atoms with Crippen LogP contribution in [0.2, 0.25) is 0 Å². The van der Waals surface area contributed by atoms with Gasteiger partial charge >= 0.3 is 6.03 Å². The topological polar surface area (TPSA) is 147 Å². The molecule has 0 aliphatic carbocycles. The number of carbonyl (C=O) groups is 3. The second kappa shape index (κ2) is 12.8. The predicted molar refractivity (Wildman–Crippen MR) is 161 cm³/mol. The quantitative estimate of drug-likeness (QED) is 0.194. The molecular weight excluding hydrogens is 546 g/mol. The molecule has 1 aliphatic rings. The molecule has 0 bridgehead atoms. The number of anilines is 1. The molecule has 11 nitrogen and oxygen atoms in total. The molecule has 4 amide bonds. The Morgan fingerprint density at radius 3 is 2.49 bits per heavy atom. The third-order valence-corrected chi connectivity index (χ3v) is 7.47. The van der Waals surface area contributed by atoms with Crippen molar-refractivity contribution in [3.05, 3.63) is 84.2 Å². The zero-order valence-corrected chi connectivity index (χ0v) is 24.1. The molecule has 11 heteroatoms. The summed E-state index contributed by atoms with van der Waals surface area (Å²) in [6, 6.07) is 21.8. The Morgan fingerprint density at radius 1 is 1.07 bits per heavy atom. The minimum Gasteiger partial charge on any atom is -0.457 e. The van der Waals surface area contributed by atoms with Gasteiger partial charge in [0.15, 0.2) is 0 Å². The van der Waals surface area contributed by atoms with Gasteiger partial charge in [-0.15, -0.1) is 0 Å². The third kappa shape index (κ3) is 6.19. The SMILES string of the molecule is C[C@H](c1nc2ccc(C(=O)N[C@H](C#N)CCCCN)cc2n1C)N1C(=O)CN(c2ccc(Oc3ccccc3)cc2)C1=O. The van der Waals surface area contributed by atoms with Crippen LogP contribution in [-0.4, -0.2) is 51.4 Å².